The van der Waals surface area contributed by atoms with E-state index in [2.05, 4.69) is 15.3 Å². The number of carbonyl (C=O) groups excluding carboxylic acids is 1. The van der Waals surface area contributed by atoms with Gasteiger partial charge < -0.3 is 10.3 Å². The van der Waals surface area contributed by atoms with Crippen LogP contribution in [0.2, 0.25) is 5.02 Å². The number of imidazole rings is 1. The molecule has 0 radical (unpaired) electrons. The van der Waals surface area contributed by atoms with Crippen LogP contribution in [0.5, 0.6) is 0 Å². The summed E-state index contributed by atoms with van der Waals surface area (Å²) in [6.45, 7) is 1.90. The summed E-state index contributed by atoms with van der Waals surface area (Å²) in [4.78, 5) is 18.3. The molecule has 1 heterocycles. The second-order valence-corrected chi connectivity index (χ2v) is 3.79. The lowest BCUT2D eigenvalue weighted by Crippen LogP contribution is -2.14. The number of nitrogens with one attached hydrogen (secondary N) is 2. The highest BCUT2D eigenvalue weighted by Gasteiger charge is 2.09. The van der Waals surface area contributed by atoms with Gasteiger partial charge in [0.05, 0.1) is 0 Å². The van der Waals surface area contributed by atoms with Gasteiger partial charge in [0.25, 0.3) is 5.91 Å². The minimum Gasteiger partial charge on any atom is -0.341 e. The molecular formula is C11H10ClN3O. The number of carbonyl (C=O) groups is 1. The summed E-state index contributed by atoms with van der Waals surface area (Å²) in [6, 6.07) is 5.33. The summed E-state index contributed by atoms with van der Waals surface area (Å²) < 4.78 is 0. The lowest BCUT2D eigenvalue weighted by atomic mass is 10.2. The maximum atomic E-state index is 11.7. The minimum absolute atomic E-state index is 0.277. The van der Waals surface area contributed by atoms with Gasteiger partial charge in [0.15, 0.2) is 5.82 Å². The van der Waals surface area contributed by atoms with E-state index < -0.39 is 0 Å². The van der Waals surface area contributed by atoms with Crippen molar-refractivity contribution in [3.63, 3.8) is 0 Å². The highest BCUT2D eigenvalue weighted by Crippen LogP contribution is 2.20. The molecule has 0 bridgehead atoms. The molecule has 0 saturated heterocycles. The van der Waals surface area contributed by atoms with Crippen molar-refractivity contribution >= 4 is 23.2 Å². The van der Waals surface area contributed by atoms with Gasteiger partial charge in [-0.1, -0.05) is 17.7 Å². The van der Waals surface area contributed by atoms with E-state index in [1.807, 2.05) is 13.0 Å². The average molecular weight is 236 g/mol. The molecule has 16 heavy (non-hydrogen) atoms. The summed E-state index contributed by atoms with van der Waals surface area (Å²) >= 11 is 5.85. The quantitative estimate of drug-likeness (QED) is 0.841. The molecule has 5 heteroatoms. The first kappa shape index (κ1) is 10.7. The average Bonchev–Trinajstić information content (AvgIpc) is 2.76. The predicted molar refractivity (Wildman–Crippen MR) is 62.7 cm³/mol. The summed E-state index contributed by atoms with van der Waals surface area (Å²) in [6.07, 6.45) is 3.12. The Hall–Kier alpha value is -1.81. The van der Waals surface area contributed by atoms with Gasteiger partial charge in [-0.25, -0.2) is 4.98 Å². The number of rotatable bonds is 2. The third-order valence-corrected chi connectivity index (χ3v) is 2.40. The monoisotopic (exact) mass is 235 g/mol. The van der Waals surface area contributed by atoms with Gasteiger partial charge in [0, 0.05) is 23.1 Å². The number of aromatic nitrogens is 2. The van der Waals surface area contributed by atoms with E-state index in [1.165, 1.54) is 6.20 Å². The molecule has 82 valence electrons. The number of benzene rings is 1. The molecule has 0 fully saturated rings. The van der Waals surface area contributed by atoms with Crippen molar-refractivity contribution in [3.8, 4) is 0 Å². The van der Waals surface area contributed by atoms with Gasteiger partial charge in [-0.3, -0.25) is 4.79 Å². The molecule has 0 aliphatic rings. The van der Waals surface area contributed by atoms with Gasteiger partial charge in [0.2, 0.25) is 0 Å². The zero-order valence-corrected chi connectivity index (χ0v) is 9.38. The van der Waals surface area contributed by atoms with Crippen molar-refractivity contribution < 1.29 is 4.79 Å². The Kier molecular flexibility index (Phi) is 2.92. The molecule has 1 aromatic carbocycles. The van der Waals surface area contributed by atoms with Crippen LogP contribution >= 0.6 is 11.6 Å². The molecule has 0 spiro atoms. The summed E-state index contributed by atoms with van der Waals surface area (Å²) in [5, 5.41) is 3.32. The Labute approximate surface area is 97.7 Å². The van der Waals surface area contributed by atoms with Crippen LogP contribution in [0.25, 0.3) is 0 Å². The van der Waals surface area contributed by atoms with Crippen LogP contribution < -0.4 is 5.32 Å². The number of aryl methyl sites for hydroxylation is 1. The van der Waals surface area contributed by atoms with Crippen molar-refractivity contribution in [1.82, 2.24) is 9.97 Å². The van der Waals surface area contributed by atoms with E-state index in [0.29, 0.717) is 10.7 Å². The molecule has 0 aliphatic carbocycles. The molecule has 0 atom stereocenters. The lowest BCUT2D eigenvalue weighted by molar-refractivity contribution is 0.101. The first-order valence-electron chi connectivity index (χ1n) is 4.73. The van der Waals surface area contributed by atoms with Gasteiger partial charge in [-0.05, 0) is 24.6 Å². The Bertz CT molecular complexity index is 508. The van der Waals surface area contributed by atoms with Crippen LogP contribution in [-0.4, -0.2) is 15.9 Å². The number of hydrogen-bond acceptors (Lipinski definition) is 2. The van der Waals surface area contributed by atoms with E-state index >= 15 is 0 Å². The van der Waals surface area contributed by atoms with Gasteiger partial charge in [-0.15, -0.1) is 0 Å². The van der Waals surface area contributed by atoms with Gasteiger partial charge in [0.1, 0.15) is 0 Å². The molecule has 0 unspecified atom stereocenters. The summed E-state index contributed by atoms with van der Waals surface area (Å²) in [5.74, 6) is -0.00487. The second-order valence-electron chi connectivity index (χ2n) is 3.35. The zero-order valence-electron chi connectivity index (χ0n) is 8.62. The first-order chi connectivity index (χ1) is 7.66. The number of amides is 1. The van der Waals surface area contributed by atoms with Crippen molar-refractivity contribution in [2.24, 2.45) is 0 Å². The smallest absolute Gasteiger partial charge is 0.291 e. The van der Waals surface area contributed by atoms with Crippen molar-refractivity contribution in [1.29, 1.82) is 0 Å². The van der Waals surface area contributed by atoms with Gasteiger partial charge in [-0.2, -0.15) is 0 Å². The van der Waals surface area contributed by atoms with E-state index in [0.717, 1.165) is 5.56 Å². The van der Waals surface area contributed by atoms with E-state index in [4.69, 9.17) is 11.6 Å². The number of halogens is 1. The molecule has 2 rings (SSSR count). The minimum atomic E-state index is -0.282. The van der Waals surface area contributed by atoms with Crippen molar-refractivity contribution in [3.05, 3.63) is 47.0 Å². The summed E-state index contributed by atoms with van der Waals surface area (Å²) in [5.41, 5.74) is 1.64. The van der Waals surface area contributed by atoms with Crippen LogP contribution in [0.3, 0.4) is 0 Å². The van der Waals surface area contributed by atoms with Crippen molar-refractivity contribution in [2.45, 2.75) is 6.92 Å². The Morgan fingerprint density at radius 2 is 2.31 bits per heavy atom. The summed E-state index contributed by atoms with van der Waals surface area (Å²) in [7, 11) is 0. The number of H-pyrrole nitrogens is 1. The normalized spacial score (nSPS) is 10.1. The Morgan fingerprint density at radius 3 is 3.00 bits per heavy atom. The SMILES string of the molecule is Cc1ccc(Cl)cc1NC(=O)c1ncc[nH]1. The number of nitrogens with zero attached hydrogens (tertiary/aromatic N) is 1. The number of hydrogen-bond donors (Lipinski definition) is 2. The van der Waals surface area contributed by atoms with E-state index in [-0.39, 0.29) is 11.7 Å². The van der Waals surface area contributed by atoms with E-state index in [1.54, 1.807) is 18.3 Å². The molecule has 2 N–H and O–H groups in total. The lowest BCUT2D eigenvalue weighted by Gasteiger charge is -2.07. The first-order valence-corrected chi connectivity index (χ1v) is 5.11. The Morgan fingerprint density at radius 1 is 1.50 bits per heavy atom. The van der Waals surface area contributed by atoms with Crippen LogP contribution in [0.4, 0.5) is 5.69 Å². The molecule has 1 amide bonds. The molecule has 4 nitrogen and oxygen atoms in total. The maximum Gasteiger partial charge on any atom is 0.291 e. The fraction of sp³-hybridized carbons (Fsp3) is 0.0909. The Balaban J connectivity index is 2.21. The largest absolute Gasteiger partial charge is 0.341 e. The fourth-order valence-electron chi connectivity index (χ4n) is 1.30. The molecule has 1 aromatic heterocycles. The predicted octanol–water partition coefficient (Wildman–Crippen LogP) is 2.62. The topological polar surface area (TPSA) is 57.8 Å². The standard InChI is InChI=1S/C11H10ClN3O/c1-7-2-3-8(12)6-9(7)15-11(16)10-13-4-5-14-10/h2-6H,1H3,(H,13,14)(H,15,16). The number of aromatic amines is 1. The van der Waals surface area contributed by atoms with Crippen LogP contribution in [0.1, 0.15) is 16.2 Å². The van der Waals surface area contributed by atoms with E-state index in [9.17, 15) is 4.79 Å². The molecule has 0 saturated carbocycles. The molecular weight excluding hydrogens is 226 g/mol. The third kappa shape index (κ3) is 2.23. The highest BCUT2D eigenvalue weighted by molar-refractivity contribution is 6.31. The number of anilines is 1. The van der Waals surface area contributed by atoms with Crippen molar-refractivity contribution in [2.75, 3.05) is 5.32 Å². The molecule has 2 aromatic rings. The van der Waals surface area contributed by atoms with Crippen LogP contribution in [0.15, 0.2) is 30.6 Å². The van der Waals surface area contributed by atoms with Gasteiger partial charge >= 0.3 is 0 Å². The van der Waals surface area contributed by atoms with Crippen LogP contribution in [0, 0.1) is 6.92 Å². The fourth-order valence-corrected chi connectivity index (χ4v) is 1.47. The molecule has 0 aliphatic heterocycles. The van der Waals surface area contributed by atoms with Crippen LogP contribution in [-0.2, 0) is 0 Å². The maximum absolute atomic E-state index is 11.7. The highest BCUT2D eigenvalue weighted by atomic mass is 35.5. The third-order valence-electron chi connectivity index (χ3n) is 2.16. The zero-order chi connectivity index (χ0) is 11.5. The second kappa shape index (κ2) is 4.37.